The lowest BCUT2D eigenvalue weighted by Gasteiger charge is -2.29. The molecule has 50 heavy (non-hydrogen) atoms. The molecule has 2 nitrogen and oxygen atoms in total. The molecule has 0 atom stereocenters. The molecule has 0 aliphatic heterocycles. The number of hydrogen-bond donors (Lipinski definition) is 0. The molecule has 10 aromatic rings. The highest BCUT2D eigenvalue weighted by molar-refractivity contribution is 6.21. The summed E-state index contributed by atoms with van der Waals surface area (Å²) < 4.78 is 6.47. The van der Waals surface area contributed by atoms with Gasteiger partial charge >= 0.3 is 0 Å². The number of benzene rings is 9. The molecule has 1 aromatic heterocycles. The maximum atomic E-state index is 6.47. The topological polar surface area (TPSA) is 16.4 Å². The zero-order valence-electron chi connectivity index (χ0n) is 27.3. The second-order valence-electron chi connectivity index (χ2n) is 12.9. The van der Waals surface area contributed by atoms with Crippen molar-refractivity contribution in [3.8, 4) is 22.3 Å². The van der Waals surface area contributed by atoms with Crippen LogP contribution in [0.25, 0.3) is 76.5 Å². The Balaban J connectivity index is 1.30. The first-order chi connectivity index (χ1) is 24.8. The molecule has 0 bridgehead atoms. The van der Waals surface area contributed by atoms with Gasteiger partial charge in [-0.3, -0.25) is 0 Å². The van der Waals surface area contributed by atoms with Crippen LogP contribution < -0.4 is 4.90 Å². The quantitative estimate of drug-likeness (QED) is 0.175. The van der Waals surface area contributed by atoms with Crippen LogP contribution in [0.15, 0.2) is 192 Å². The summed E-state index contributed by atoms with van der Waals surface area (Å²) >= 11 is 0. The highest BCUT2D eigenvalue weighted by atomic mass is 16.3. The Labute approximate surface area is 290 Å². The van der Waals surface area contributed by atoms with E-state index in [-0.39, 0.29) is 0 Å². The second kappa shape index (κ2) is 11.5. The lowest BCUT2D eigenvalue weighted by Crippen LogP contribution is -2.11. The molecule has 0 aliphatic carbocycles. The lowest BCUT2D eigenvalue weighted by molar-refractivity contribution is 0.669. The number of furan rings is 1. The molecule has 1 heterocycles. The third kappa shape index (κ3) is 4.57. The van der Waals surface area contributed by atoms with E-state index in [1.807, 2.05) is 12.1 Å². The van der Waals surface area contributed by atoms with E-state index < -0.39 is 0 Å². The van der Waals surface area contributed by atoms with E-state index in [4.69, 9.17) is 4.42 Å². The Morgan fingerprint density at radius 1 is 0.320 bits per heavy atom. The van der Waals surface area contributed by atoms with Gasteiger partial charge in [-0.25, -0.2) is 0 Å². The third-order valence-electron chi connectivity index (χ3n) is 10.0. The molecule has 9 aromatic carbocycles. The normalized spacial score (nSPS) is 11.6. The predicted octanol–water partition coefficient (Wildman–Crippen LogP) is 13.8. The summed E-state index contributed by atoms with van der Waals surface area (Å²) in [5.74, 6) is 0. The second-order valence-corrected chi connectivity index (χ2v) is 12.9. The van der Waals surface area contributed by atoms with E-state index in [2.05, 4.69) is 181 Å². The molecule has 10 rings (SSSR count). The Hall–Kier alpha value is -6.64. The van der Waals surface area contributed by atoms with Gasteiger partial charge in [-0.05, 0) is 85.6 Å². The first-order valence-corrected chi connectivity index (χ1v) is 17.1. The van der Waals surface area contributed by atoms with Crippen LogP contribution in [0.1, 0.15) is 0 Å². The molecule has 0 aliphatic rings. The summed E-state index contributed by atoms with van der Waals surface area (Å²) in [5.41, 5.74) is 9.73. The molecule has 234 valence electrons. The van der Waals surface area contributed by atoms with Gasteiger partial charge in [-0.1, -0.05) is 146 Å². The van der Waals surface area contributed by atoms with Gasteiger partial charge in [0.2, 0.25) is 0 Å². The maximum Gasteiger partial charge on any atom is 0.137 e. The number of para-hydroxylation sites is 1. The van der Waals surface area contributed by atoms with Crippen molar-refractivity contribution in [1.82, 2.24) is 0 Å². The number of nitrogens with zero attached hydrogens (tertiary/aromatic N) is 1. The molecule has 0 saturated carbocycles. The predicted molar refractivity (Wildman–Crippen MR) is 212 cm³/mol. The van der Waals surface area contributed by atoms with Crippen LogP contribution in [0, 0.1) is 0 Å². The number of hydrogen-bond acceptors (Lipinski definition) is 2. The molecule has 0 fully saturated rings. The minimum Gasteiger partial charge on any atom is -0.456 e. The van der Waals surface area contributed by atoms with Crippen LogP contribution >= 0.6 is 0 Å². The molecule has 0 N–H and O–H groups in total. The highest BCUT2D eigenvalue weighted by Crippen LogP contribution is 2.46. The van der Waals surface area contributed by atoms with E-state index in [1.54, 1.807) is 0 Å². The maximum absolute atomic E-state index is 6.47. The molecule has 0 amide bonds. The fourth-order valence-electron chi connectivity index (χ4n) is 7.71. The van der Waals surface area contributed by atoms with Gasteiger partial charge in [0.05, 0.1) is 5.69 Å². The van der Waals surface area contributed by atoms with Gasteiger partial charge in [-0.15, -0.1) is 0 Å². The third-order valence-corrected chi connectivity index (χ3v) is 10.0. The van der Waals surface area contributed by atoms with Gasteiger partial charge in [0.15, 0.2) is 0 Å². The van der Waals surface area contributed by atoms with Gasteiger partial charge in [-0.2, -0.15) is 0 Å². The van der Waals surface area contributed by atoms with Crippen molar-refractivity contribution >= 4 is 71.3 Å². The van der Waals surface area contributed by atoms with Crippen molar-refractivity contribution in [1.29, 1.82) is 0 Å². The van der Waals surface area contributed by atoms with Crippen LogP contribution in [0.5, 0.6) is 0 Å². The Morgan fingerprint density at radius 3 is 1.68 bits per heavy atom. The molecule has 0 unspecified atom stereocenters. The standard InChI is InChI=1S/C48H31NO/c1-3-13-32(14-4-1)38-27-24-35(29-44(38)33-15-5-2-6-16-33)49(36-25-28-43-42-21-11-12-22-47(42)50-48(43)30-36)46-31-45-37-18-8-7-17-34(37)23-26-40(45)39-19-9-10-20-41(39)46/h1-31H. The van der Waals surface area contributed by atoms with Crippen molar-refractivity contribution in [2.45, 2.75) is 0 Å². The van der Waals surface area contributed by atoms with E-state index in [0.29, 0.717) is 0 Å². The number of rotatable bonds is 5. The number of anilines is 3. The first-order valence-electron chi connectivity index (χ1n) is 17.1. The zero-order valence-corrected chi connectivity index (χ0v) is 27.3. The Morgan fingerprint density at radius 2 is 0.880 bits per heavy atom. The van der Waals surface area contributed by atoms with Crippen LogP contribution in [0.3, 0.4) is 0 Å². The van der Waals surface area contributed by atoms with E-state index in [9.17, 15) is 0 Å². The Bertz CT molecular complexity index is 2870. The van der Waals surface area contributed by atoms with Crippen LogP contribution in [-0.4, -0.2) is 0 Å². The van der Waals surface area contributed by atoms with Crippen molar-refractivity contribution < 1.29 is 4.42 Å². The van der Waals surface area contributed by atoms with E-state index in [0.717, 1.165) is 39.0 Å². The van der Waals surface area contributed by atoms with Crippen LogP contribution in [-0.2, 0) is 0 Å². The molecule has 0 saturated heterocycles. The molecule has 0 radical (unpaired) electrons. The van der Waals surface area contributed by atoms with Gasteiger partial charge in [0.1, 0.15) is 11.2 Å². The van der Waals surface area contributed by atoms with Gasteiger partial charge in [0, 0.05) is 33.6 Å². The van der Waals surface area contributed by atoms with E-state index >= 15 is 0 Å². The molecule has 2 heteroatoms. The molecular formula is C48H31NO. The summed E-state index contributed by atoms with van der Waals surface area (Å²) in [7, 11) is 0. The molecular weight excluding hydrogens is 607 g/mol. The minimum atomic E-state index is 0.869. The van der Waals surface area contributed by atoms with Gasteiger partial charge < -0.3 is 9.32 Å². The fraction of sp³-hybridized carbons (Fsp3) is 0. The lowest BCUT2D eigenvalue weighted by atomic mass is 9.93. The van der Waals surface area contributed by atoms with Crippen molar-refractivity contribution in [2.24, 2.45) is 0 Å². The van der Waals surface area contributed by atoms with Crippen LogP contribution in [0.4, 0.5) is 17.1 Å². The summed E-state index contributed by atoms with van der Waals surface area (Å²) in [6, 6.07) is 67.6. The summed E-state index contributed by atoms with van der Waals surface area (Å²) in [6.07, 6.45) is 0. The average Bonchev–Trinajstić information content (AvgIpc) is 3.56. The van der Waals surface area contributed by atoms with Crippen LogP contribution in [0.2, 0.25) is 0 Å². The average molecular weight is 638 g/mol. The van der Waals surface area contributed by atoms with Crippen molar-refractivity contribution in [3.05, 3.63) is 188 Å². The minimum absolute atomic E-state index is 0.869. The van der Waals surface area contributed by atoms with Gasteiger partial charge in [0.25, 0.3) is 0 Å². The highest BCUT2D eigenvalue weighted by Gasteiger charge is 2.21. The van der Waals surface area contributed by atoms with Crippen molar-refractivity contribution in [3.63, 3.8) is 0 Å². The fourth-order valence-corrected chi connectivity index (χ4v) is 7.71. The first kappa shape index (κ1) is 28.4. The SMILES string of the molecule is c1ccc(-c2ccc(N(c3ccc4c(c3)oc3ccccc34)c3cc4c5ccccc5ccc4c4ccccc34)cc2-c2ccccc2)cc1. The van der Waals surface area contributed by atoms with E-state index in [1.165, 1.54) is 54.6 Å². The molecule has 0 spiro atoms. The summed E-state index contributed by atoms with van der Waals surface area (Å²) in [4.78, 5) is 2.41. The zero-order chi connectivity index (χ0) is 33.0. The monoisotopic (exact) mass is 637 g/mol. The summed E-state index contributed by atoms with van der Waals surface area (Å²) in [5, 5.41) is 9.61. The Kier molecular flexibility index (Phi) is 6.53. The number of fused-ring (bicyclic) bond motifs is 8. The smallest absolute Gasteiger partial charge is 0.137 e. The van der Waals surface area contributed by atoms with Crippen molar-refractivity contribution in [2.75, 3.05) is 4.90 Å². The summed E-state index contributed by atoms with van der Waals surface area (Å²) in [6.45, 7) is 0. The largest absolute Gasteiger partial charge is 0.456 e.